The molecule has 4 rings (SSSR count). The van der Waals surface area contributed by atoms with Crippen LogP contribution in [0.4, 0.5) is 0 Å². The van der Waals surface area contributed by atoms with E-state index in [1.165, 1.54) is 0 Å². The Bertz CT molecular complexity index is 999. The Morgan fingerprint density at radius 3 is 2.79 bits per heavy atom. The highest BCUT2D eigenvalue weighted by atomic mass is 16.5. The third-order valence-corrected chi connectivity index (χ3v) is 4.95. The Labute approximate surface area is 164 Å². The summed E-state index contributed by atoms with van der Waals surface area (Å²) in [5.74, 6) is 0.891. The highest BCUT2D eigenvalue weighted by molar-refractivity contribution is 6.10. The van der Waals surface area contributed by atoms with Crippen molar-refractivity contribution in [3.63, 3.8) is 0 Å². The average Bonchev–Trinajstić information content (AvgIpc) is 3.16. The zero-order valence-electron chi connectivity index (χ0n) is 15.9. The van der Waals surface area contributed by atoms with Crippen molar-refractivity contribution in [2.24, 2.45) is 10.7 Å². The van der Waals surface area contributed by atoms with Gasteiger partial charge in [0, 0.05) is 66.8 Å². The summed E-state index contributed by atoms with van der Waals surface area (Å²) in [5.41, 5.74) is 10.5. The fourth-order valence-electron chi connectivity index (χ4n) is 3.45. The van der Waals surface area contributed by atoms with Crippen molar-refractivity contribution < 1.29 is 9.47 Å². The lowest BCUT2D eigenvalue weighted by atomic mass is 10.0. The van der Waals surface area contributed by atoms with Gasteiger partial charge in [-0.15, -0.1) is 0 Å². The van der Waals surface area contributed by atoms with E-state index >= 15 is 0 Å². The van der Waals surface area contributed by atoms with Gasteiger partial charge in [-0.3, -0.25) is 4.99 Å². The van der Waals surface area contributed by atoms with Gasteiger partial charge in [-0.2, -0.15) is 0 Å². The van der Waals surface area contributed by atoms with Crippen LogP contribution in [0.25, 0.3) is 27.7 Å². The molecule has 3 heterocycles. The summed E-state index contributed by atoms with van der Waals surface area (Å²) in [7, 11) is 1.72. The van der Waals surface area contributed by atoms with Crippen LogP contribution in [0.3, 0.4) is 0 Å². The van der Waals surface area contributed by atoms with Crippen LogP contribution in [0.1, 0.15) is 18.4 Å². The zero-order chi connectivity index (χ0) is 19.3. The van der Waals surface area contributed by atoms with Crippen molar-refractivity contribution in [3.05, 3.63) is 54.5 Å². The molecule has 3 aromatic rings. The summed E-state index contributed by atoms with van der Waals surface area (Å²) in [5, 5.41) is 1.04. The standard InChI is InChI=1S/C22H24N4O2/c1-24-12-17(11-23)16-10-20-21(14-26-22(20)25-13-16)15-2-4-18(5-3-15)28-19-6-8-27-9-7-19/h2-5,10-14,19H,6-9,23H2,1H3,(H,25,26)/b17-11+,24-12?. The van der Waals surface area contributed by atoms with Gasteiger partial charge in [-0.05, 0) is 23.8 Å². The number of allylic oxidation sites excluding steroid dienone is 1. The summed E-state index contributed by atoms with van der Waals surface area (Å²) < 4.78 is 11.5. The molecule has 3 N–H and O–H groups in total. The van der Waals surface area contributed by atoms with Gasteiger partial charge in [0.05, 0.1) is 13.2 Å². The first-order chi connectivity index (χ1) is 13.8. The van der Waals surface area contributed by atoms with Gasteiger partial charge in [0.15, 0.2) is 0 Å². The molecule has 6 heteroatoms. The highest BCUT2D eigenvalue weighted by Gasteiger charge is 2.15. The Balaban J connectivity index is 1.61. The second-order valence-corrected chi connectivity index (χ2v) is 6.79. The summed E-state index contributed by atoms with van der Waals surface area (Å²) >= 11 is 0. The monoisotopic (exact) mass is 376 g/mol. The van der Waals surface area contributed by atoms with Crippen LogP contribution in [0.2, 0.25) is 0 Å². The Morgan fingerprint density at radius 1 is 1.29 bits per heavy atom. The van der Waals surface area contributed by atoms with E-state index in [1.807, 2.05) is 18.3 Å². The van der Waals surface area contributed by atoms with E-state index in [2.05, 4.69) is 33.2 Å². The van der Waals surface area contributed by atoms with Gasteiger partial charge >= 0.3 is 0 Å². The molecule has 0 spiro atoms. The molecular formula is C22H24N4O2. The van der Waals surface area contributed by atoms with E-state index in [0.29, 0.717) is 0 Å². The highest BCUT2D eigenvalue weighted by Crippen LogP contribution is 2.31. The number of ether oxygens (including phenoxy) is 2. The topological polar surface area (TPSA) is 85.5 Å². The van der Waals surface area contributed by atoms with Crippen LogP contribution in [-0.4, -0.2) is 42.5 Å². The molecule has 0 amide bonds. The number of hydrogen-bond acceptors (Lipinski definition) is 5. The van der Waals surface area contributed by atoms with Gasteiger partial charge in [0.1, 0.15) is 17.5 Å². The first kappa shape index (κ1) is 18.3. The van der Waals surface area contributed by atoms with E-state index in [9.17, 15) is 0 Å². The van der Waals surface area contributed by atoms with Gasteiger partial charge in [0.25, 0.3) is 0 Å². The summed E-state index contributed by atoms with van der Waals surface area (Å²) in [4.78, 5) is 11.8. The van der Waals surface area contributed by atoms with E-state index in [4.69, 9.17) is 15.2 Å². The predicted molar refractivity (Wildman–Crippen MR) is 113 cm³/mol. The van der Waals surface area contributed by atoms with Crippen molar-refractivity contribution in [2.75, 3.05) is 20.3 Å². The fraction of sp³-hybridized carbons (Fsp3) is 0.273. The van der Waals surface area contributed by atoms with Crippen molar-refractivity contribution in [1.29, 1.82) is 0 Å². The van der Waals surface area contributed by atoms with E-state index in [1.54, 1.807) is 25.7 Å². The average molecular weight is 376 g/mol. The van der Waals surface area contributed by atoms with Crippen LogP contribution in [0.5, 0.6) is 5.75 Å². The van der Waals surface area contributed by atoms with E-state index in [0.717, 1.165) is 65.1 Å². The molecule has 144 valence electrons. The number of nitrogens with one attached hydrogen (secondary N) is 1. The zero-order valence-corrected chi connectivity index (χ0v) is 15.9. The lowest BCUT2D eigenvalue weighted by molar-refractivity contribution is 0.0256. The molecule has 0 bridgehead atoms. The number of aromatic amines is 1. The summed E-state index contributed by atoms with van der Waals surface area (Å²) in [6.07, 6.45) is 9.18. The summed E-state index contributed by atoms with van der Waals surface area (Å²) in [6, 6.07) is 10.3. The van der Waals surface area contributed by atoms with Crippen molar-refractivity contribution >= 4 is 22.8 Å². The molecule has 0 aliphatic carbocycles. The largest absolute Gasteiger partial charge is 0.490 e. The van der Waals surface area contributed by atoms with Crippen LogP contribution < -0.4 is 10.5 Å². The van der Waals surface area contributed by atoms with Crippen LogP contribution in [-0.2, 0) is 4.74 Å². The van der Waals surface area contributed by atoms with Crippen LogP contribution >= 0.6 is 0 Å². The number of aliphatic imine (C=N–C) groups is 1. The van der Waals surface area contributed by atoms with Crippen molar-refractivity contribution in [2.45, 2.75) is 18.9 Å². The number of nitrogens with zero attached hydrogens (tertiary/aromatic N) is 2. The quantitative estimate of drug-likeness (QED) is 0.664. The van der Waals surface area contributed by atoms with Crippen LogP contribution in [0.15, 0.2) is 53.9 Å². The number of nitrogens with two attached hydrogens (primary N) is 1. The molecule has 0 radical (unpaired) electrons. The number of aromatic nitrogens is 2. The molecular weight excluding hydrogens is 352 g/mol. The molecule has 6 nitrogen and oxygen atoms in total. The molecule has 0 unspecified atom stereocenters. The van der Waals surface area contributed by atoms with Crippen molar-refractivity contribution in [3.8, 4) is 16.9 Å². The maximum Gasteiger partial charge on any atom is 0.137 e. The Morgan fingerprint density at radius 2 is 2.07 bits per heavy atom. The lowest BCUT2D eigenvalue weighted by Gasteiger charge is -2.23. The molecule has 0 saturated carbocycles. The molecule has 0 atom stereocenters. The first-order valence-electron chi connectivity index (χ1n) is 9.45. The maximum atomic E-state index is 6.07. The lowest BCUT2D eigenvalue weighted by Crippen LogP contribution is -2.25. The minimum Gasteiger partial charge on any atom is -0.490 e. The minimum absolute atomic E-state index is 0.237. The summed E-state index contributed by atoms with van der Waals surface area (Å²) in [6.45, 7) is 1.55. The van der Waals surface area contributed by atoms with Gasteiger partial charge < -0.3 is 20.2 Å². The molecule has 1 aromatic carbocycles. The third kappa shape index (κ3) is 3.77. The second-order valence-electron chi connectivity index (χ2n) is 6.79. The molecule has 1 aliphatic heterocycles. The third-order valence-electron chi connectivity index (χ3n) is 4.95. The number of H-pyrrole nitrogens is 1. The minimum atomic E-state index is 0.237. The molecule has 2 aromatic heterocycles. The smallest absolute Gasteiger partial charge is 0.137 e. The van der Waals surface area contributed by atoms with Gasteiger partial charge in [-0.1, -0.05) is 12.1 Å². The number of benzene rings is 1. The number of hydrogen-bond donors (Lipinski definition) is 2. The normalized spacial score (nSPS) is 16.1. The maximum absolute atomic E-state index is 6.07. The van der Waals surface area contributed by atoms with E-state index in [-0.39, 0.29) is 6.10 Å². The molecule has 1 saturated heterocycles. The second kappa shape index (κ2) is 8.27. The first-order valence-corrected chi connectivity index (χ1v) is 9.45. The molecule has 28 heavy (non-hydrogen) atoms. The fourth-order valence-corrected chi connectivity index (χ4v) is 3.45. The number of pyridine rings is 1. The van der Waals surface area contributed by atoms with Gasteiger partial charge in [0.2, 0.25) is 0 Å². The Kier molecular flexibility index (Phi) is 5.39. The van der Waals surface area contributed by atoms with Crippen molar-refractivity contribution in [1.82, 2.24) is 9.97 Å². The van der Waals surface area contributed by atoms with Crippen LogP contribution in [0, 0.1) is 0 Å². The number of fused-ring (bicyclic) bond motifs is 1. The molecule has 1 aliphatic rings. The van der Waals surface area contributed by atoms with Gasteiger partial charge in [-0.25, -0.2) is 4.98 Å². The predicted octanol–water partition coefficient (Wildman–Crippen LogP) is 3.79. The van der Waals surface area contributed by atoms with E-state index < -0.39 is 0 Å². The molecule has 1 fully saturated rings. The Hall–Kier alpha value is -3.12. The SMILES string of the molecule is CN=C/C(=C\N)c1cnc2[nH]cc(-c3ccc(OC4CCOCC4)cc3)c2c1. The number of rotatable bonds is 5.